The molecule has 0 heterocycles. The van der Waals surface area contributed by atoms with Gasteiger partial charge in [0, 0.05) is 19.3 Å². The van der Waals surface area contributed by atoms with Crippen molar-refractivity contribution in [3.8, 4) is 0 Å². The van der Waals surface area contributed by atoms with Crippen molar-refractivity contribution >= 4 is 17.9 Å². The summed E-state index contributed by atoms with van der Waals surface area (Å²) in [5.74, 6) is -0.940. The minimum absolute atomic E-state index is 0.0875. The lowest BCUT2D eigenvalue weighted by molar-refractivity contribution is -0.167. The summed E-state index contributed by atoms with van der Waals surface area (Å²) in [6, 6.07) is 0. The zero-order chi connectivity index (χ0) is 40.8. The van der Waals surface area contributed by atoms with Gasteiger partial charge in [0.1, 0.15) is 13.2 Å². The molecule has 0 rings (SSSR count). The van der Waals surface area contributed by atoms with E-state index < -0.39 is 6.10 Å². The second-order valence-corrected chi connectivity index (χ2v) is 16.0. The molecular weight excluding hydrogens is 697 g/mol. The van der Waals surface area contributed by atoms with Gasteiger partial charge in [-0.05, 0) is 83.5 Å². The summed E-state index contributed by atoms with van der Waals surface area (Å²) in [6.45, 7) is 6.53. The number of rotatable bonds is 43. The molecule has 0 bridgehead atoms. The summed E-state index contributed by atoms with van der Waals surface area (Å²) in [5, 5.41) is 0. The number of ether oxygens (including phenoxy) is 3. The Morgan fingerprint density at radius 3 is 1.04 bits per heavy atom. The average Bonchev–Trinajstić information content (AvgIpc) is 3.19. The number of esters is 3. The Morgan fingerprint density at radius 2 is 0.625 bits per heavy atom. The molecule has 0 aliphatic heterocycles. The van der Waals surface area contributed by atoms with Crippen molar-refractivity contribution in [3.05, 3.63) is 36.5 Å². The summed E-state index contributed by atoms with van der Waals surface area (Å²) < 4.78 is 16.7. The molecule has 1 atom stereocenters. The van der Waals surface area contributed by atoms with Gasteiger partial charge in [-0.2, -0.15) is 0 Å². The standard InChI is InChI=1S/C50H90O6/c1-4-7-10-13-16-19-21-22-23-24-25-26-27-29-31-34-37-40-43-49(52)55-46-47(45-54-48(51)42-39-36-33-30-18-15-12-9-6-3)56-50(53)44-41-38-35-32-28-20-17-14-11-8-5-2/h14,17,25-26,30,33,47H,4-13,15-16,18-24,27-29,31-32,34-46H2,1-3H3/b17-14-,26-25-,33-30-. The third-order valence-electron chi connectivity index (χ3n) is 10.3. The number of unbranched alkanes of at least 4 members (excludes halogenated alkanes) is 26. The van der Waals surface area contributed by atoms with Crippen LogP contribution in [0.5, 0.6) is 0 Å². The summed E-state index contributed by atoms with van der Waals surface area (Å²) in [7, 11) is 0. The normalized spacial score (nSPS) is 12.3. The van der Waals surface area contributed by atoms with Crippen LogP contribution in [0.15, 0.2) is 36.5 Å². The zero-order valence-electron chi connectivity index (χ0n) is 37.2. The molecule has 0 fully saturated rings. The highest BCUT2D eigenvalue weighted by Crippen LogP contribution is 2.14. The highest BCUT2D eigenvalue weighted by atomic mass is 16.6. The smallest absolute Gasteiger partial charge is 0.306 e. The van der Waals surface area contributed by atoms with Gasteiger partial charge in [-0.1, -0.05) is 179 Å². The Bertz CT molecular complexity index is 953. The first-order valence-corrected chi connectivity index (χ1v) is 24.0. The molecule has 0 amide bonds. The highest BCUT2D eigenvalue weighted by Gasteiger charge is 2.19. The SMILES string of the molecule is CCCC/C=C\CCCCCCCC(=O)OC(COC(=O)CCC/C=C\CCCCCC)COC(=O)CCCCCCC/C=C\CCCCCCCCCCC. The van der Waals surface area contributed by atoms with Crippen LogP contribution in [0, 0.1) is 0 Å². The molecular formula is C50H90O6. The van der Waals surface area contributed by atoms with Crippen molar-refractivity contribution in [2.75, 3.05) is 13.2 Å². The lowest BCUT2D eigenvalue weighted by atomic mass is 10.1. The lowest BCUT2D eigenvalue weighted by Gasteiger charge is -2.18. The molecule has 326 valence electrons. The Balaban J connectivity index is 4.31. The maximum Gasteiger partial charge on any atom is 0.306 e. The molecule has 0 radical (unpaired) electrons. The molecule has 0 aromatic rings. The van der Waals surface area contributed by atoms with Crippen LogP contribution in [0.2, 0.25) is 0 Å². The van der Waals surface area contributed by atoms with E-state index in [1.807, 2.05) is 0 Å². The fourth-order valence-electron chi connectivity index (χ4n) is 6.66. The minimum Gasteiger partial charge on any atom is -0.462 e. The molecule has 6 heteroatoms. The van der Waals surface area contributed by atoms with Gasteiger partial charge in [-0.15, -0.1) is 0 Å². The highest BCUT2D eigenvalue weighted by molar-refractivity contribution is 5.71. The molecule has 0 N–H and O–H groups in total. The lowest BCUT2D eigenvalue weighted by Crippen LogP contribution is -2.30. The third kappa shape index (κ3) is 42.8. The zero-order valence-corrected chi connectivity index (χ0v) is 37.2. The molecule has 0 aromatic heterocycles. The first-order chi connectivity index (χ1) is 27.5. The first-order valence-electron chi connectivity index (χ1n) is 24.0. The van der Waals surface area contributed by atoms with Gasteiger partial charge in [-0.25, -0.2) is 0 Å². The molecule has 56 heavy (non-hydrogen) atoms. The van der Waals surface area contributed by atoms with Crippen molar-refractivity contribution in [1.29, 1.82) is 0 Å². The summed E-state index contributed by atoms with van der Waals surface area (Å²) in [6.07, 6.45) is 51.4. The van der Waals surface area contributed by atoms with Crippen LogP contribution in [-0.2, 0) is 28.6 Å². The van der Waals surface area contributed by atoms with Gasteiger partial charge >= 0.3 is 17.9 Å². The molecule has 0 spiro atoms. The number of carbonyl (C=O) groups excluding carboxylic acids is 3. The van der Waals surface area contributed by atoms with Gasteiger partial charge in [-0.3, -0.25) is 14.4 Å². The van der Waals surface area contributed by atoms with E-state index in [-0.39, 0.29) is 31.1 Å². The number of allylic oxidation sites excluding steroid dienone is 6. The van der Waals surface area contributed by atoms with Gasteiger partial charge in [0.15, 0.2) is 6.10 Å². The van der Waals surface area contributed by atoms with E-state index in [1.165, 1.54) is 128 Å². The number of hydrogen-bond donors (Lipinski definition) is 0. The van der Waals surface area contributed by atoms with Gasteiger partial charge in [0.2, 0.25) is 0 Å². The predicted octanol–water partition coefficient (Wildman–Crippen LogP) is 15.4. The Kier molecular flexibility index (Phi) is 43.4. The van der Waals surface area contributed by atoms with Crippen molar-refractivity contribution < 1.29 is 28.6 Å². The van der Waals surface area contributed by atoms with E-state index in [4.69, 9.17) is 14.2 Å². The minimum atomic E-state index is -0.786. The van der Waals surface area contributed by atoms with Crippen LogP contribution >= 0.6 is 0 Å². The summed E-state index contributed by atoms with van der Waals surface area (Å²) in [4.78, 5) is 37.7. The molecule has 0 saturated carbocycles. The quantitative estimate of drug-likeness (QED) is 0.0265. The van der Waals surface area contributed by atoms with Crippen molar-refractivity contribution in [3.63, 3.8) is 0 Å². The van der Waals surface area contributed by atoms with Crippen LogP contribution in [0.3, 0.4) is 0 Å². The van der Waals surface area contributed by atoms with E-state index in [2.05, 4.69) is 57.2 Å². The van der Waals surface area contributed by atoms with Crippen LogP contribution in [-0.4, -0.2) is 37.2 Å². The van der Waals surface area contributed by atoms with E-state index in [0.717, 1.165) is 77.0 Å². The third-order valence-corrected chi connectivity index (χ3v) is 10.3. The summed E-state index contributed by atoms with van der Waals surface area (Å²) in [5.41, 5.74) is 0. The first kappa shape index (κ1) is 53.6. The number of hydrogen-bond acceptors (Lipinski definition) is 6. The molecule has 0 aliphatic carbocycles. The largest absolute Gasteiger partial charge is 0.462 e. The second-order valence-electron chi connectivity index (χ2n) is 16.0. The van der Waals surface area contributed by atoms with Crippen LogP contribution in [0.1, 0.15) is 245 Å². The van der Waals surface area contributed by atoms with Gasteiger partial charge in [0.25, 0.3) is 0 Å². The van der Waals surface area contributed by atoms with Crippen LogP contribution in [0.25, 0.3) is 0 Å². The molecule has 1 unspecified atom stereocenters. The average molecular weight is 787 g/mol. The maximum atomic E-state index is 12.7. The van der Waals surface area contributed by atoms with E-state index >= 15 is 0 Å². The van der Waals surface area contributed by atoms with Crippen molar-refractivity contribution in [2.24, 2.45) is 0 Å². The topological polar surface area (TPSA) is 78.9 Å². The van der Waals surface area contributed by atoms with E-state index in [9.17, 15) is 14.4 Å². The maximum absolute atomic E-state index is 12.7. The van der Waals surface area contributed by atoms with Gasteiger partial charge in [0.05, 0.1) is 0 Å². The molecule has 6 nitrogen and oxygen atoms in total. The Labute approximate surface area is 346 Å². The fraction of sp³-hybridized carbons (Fsp3) is 0.820. The molecule has 0 saturated heterocycles. The van der Waals surface area contributed by atoms with E-state index in [1.54, 1.807) is 0 Å². The molecule has 0 aliphatic rings. The fourth-order valence-corrected chi connectivity index (χ4v) is 6.66. The van der Waals surface area contributed by atoms with Crippen molar-refractivity contribution in [1.82, 2.24) is 0 Å². The van der Waals surface area contributed by atoms with Crippen LogP contribution in [0.4, 0.5) is 0 Å². The van der Waals surface area contributed by atoms with Crippen molar-refractivity contribution in [2.45, 2.75) is 252 Å². The predicted molar refractivity (Wildman–Crippen MR) is 238 cm³/mol. The second kappa shape index (κ2) is 45.3. The Morgan fingerprint density at radius 1 is 0.339 bits per heavy atom. The monoisotopic (exact) mass is 787 g/mol. The molecule has 0 aromatic carbocycles. The Hall–Kier alpha value is -2.37. The number of carbonyl (C=O) groups is 3. The van der Waals surface area contributed by atoms with Gasteiger partial charge < -0.3 is 14.2 Å². The van der Waals surface area contributed by atoms with E-state index in [0.29, 0.717) is 19.3 Å². The van der Waals surface area contributed by atoms with Crippen LogP contribution < -0.4 is 0 Å². The summed E-state index contributed by atoms with van der Waals surface area (Å²) >= 11 is 0.